The fraction of sp³-hybridized carbons (Fsp3) is 0.500. The summed E-state index contributed by atoms with van der Waals surface area (Å²) in [5.41, 5.74) is 6.31. The normalized spacial score (nSPS) is 21.3. The van der Waals surface area contributed by atoms with E-state index in [2.05, 4.69) is 10.6 Å². The predicted molar refractivity (Wildman–Crippen MR) is 103 cm³/mol. The molecule has 1 aromatic rings. The van der Waals surface area contributed by atoms with Gasteiger partial charge < -0.3 is 26.0 Å². The minimum atomic E-state index is -0.660. The summed E-state index contributed by atoms with van der Waals surface area (Å²) in [4.78, 5) is 38.7. The number of nitrogens with two attached hydrogens (primary N) is 1. The Balaban J connectivity index is 0.00000261. The van der Waals surface area contributed by atoms with Gasteiger partial charge in [-0.3, -0.25) is 14.4 Å². The van der Waals surface area contributed by atoms with Gasteiger partial charge in [-0.1, -0.05) is 6.07 Å². The zero-order chi connectivity index (χ0) is 18.7. The van der Waals surface area contributed by atoms with E-state index in [0.29, 0.717) is 43.2 Å². The Morgan fingerprint density at radius 2 is 2.19 bits per heavy atom. The molecule has 3 rings (SSSR count). The van der Waals surface area contributed by atoms with E-state index in [1.807, 2.05) is 0 Å². The number of likely N-dealkylation sites (tertiary alicyclic amines) is 1. The first kappa shape index (κ1) is 21.0. The topological polar surface area (TPSA) is 114 Å². The van der Waals surface area contributed by atoms with Gasteiger partial charge in [-0.15, -0.1) is 12.4 Å². The molecule has 1 saturated heterocycles. The Morgan fingerprint density at radius 3 is 2.93 bits per heavy atom. The Morgan fingerprint density at radius 1 is 1.41 bits per heavy atom. The molecule has 0 aromatic heterocycles. The fourth-order valence-corrected chi connectivity index (χ4v) is 3.28. The quantitative estimate of drug-likeness (QED) is 0.695. The smallest absolute Gasteiger partial charge is 0.265 e. The predicted octanol–water partition coefficient (Wildman–Crippen LogP) is 0.755. The maximum absolute atomic E-state index is 13.0. The molecule has 0 radical (unpaired) electrons. The number of fused-ring (bicyclic) bond motifs is 1. The van der Waals surface area contributed by atoms with Gasteiger partial charge in [0, 0.05) is 26.2 Å². The number of ether oxygens (including phenoxy) is 1. The lowest BCUT2D eigenvalue weighted by atomic mass is 9.96. The van der Waals surface area contributed by atoms with Crippen molar-refractivity contribution in [3.63, 3.8) is 0 Å². The lowest BCUT2D eigenvalue weighted by Crippen LogP contribution is -2.46. The molecule has 9 heteroatoms. The SMILES string of the molecule is CC1Oc2c(cccc2C(=O)N2CCCC(C(=O)NCCN)C2)NC1=O.Cl. The molecule has 1 fully saturated rings. The second kappa shape index (κ2) is 9.05. The summed E-state index contributed by atoms with van der Waals surface area (Å²) < 4.78 is 5.66. The van der Waals surface area contributed by atoms with E-state index in [1.54, 1.807) is 30.0 Å². The molecule has 0 spiro atoms. The van der Waals surface area contributed by atoms with Crippen LogP contribution in [0.2, 0.25) is 0 Å². The van der Waals surface area contributed by atoms with Crippen molar-refractivity contribution >= 4 is 35.8 Å². The van der Waals surface area contributed by atoms with Crippen LogP contribution in [0.25, 0.3) is 0 Å². The zero-order valence-electron chi connectivity index (χ0n) is 15.2. The minimum Gasteiger partial charge on any atom is -0.478 e. The van der Waals surface area contributed by atoms with E-state index in [9.17, 15) is 14.4 Å². The molecular weight excluding hydrogens is 372 g/mol. The number of hydrogen-bond acceptors (Lipinski definition) is 5. The lowest BCUT2D eigenvalue weighted by molar-refractivity contribution is -0.126. The molecule has 8 nitrogen and oxygen atoms in total. The zero-order valence-corrected chi connectivity index (χ0v) is 16.0. The Hall–Kier alpha value is -2.32. The monoisotopic (exact) mass is 396 g/mol. The molecule has 0 aliphatic carbocycles. The summed E-state index contributed by atoms with van der Waals surface area (Å²) in [7, 11) is 0. The molecule has 2 atom stereocenters. The van der Waals surface area contributed by atoms with Gasteiger partial charge in [-0.05, 0) is 31.9 Å². The van der Waals surface area contributed by atoms with Gasteiger partial charge in [-0.2, -0.15) is 0 Å². The van der Waals surface area contributed by atoms with Crippen LogP contribution in [-0.2, 0) is 9.59 Å². The summed E-state index contributed by atoms with van der Waals surface area (Å²) in [6.45, 7) is 3.41. The van der Waals surface area contributed by atoms with Crippen LogP contribution in [0.5, 0.6) is 5.75 Å². The third-order valence-electron chi connectivity index (χ3n) is 4.69. The summed E-state index contributed by atoms with van der Waals surface area (Å²) in [5, 5.41) is 5.54. The van der Waals surface area contributed by atoms with Crippen LogP contribution in [0.4, 0.5) is 5.69 Å². The standard InChI is InChI=1S/C18H24N4O4.ClH/c1-11-16(23)21-14-6-2-5-13(15(14)26-11)18(25)22-9-3-4-12(10-22)17(24)20-8-7-19;/h2,5-6,11-12H,3-4,7-10,19H2,1H3,(H,20,24)(H,21,23);1H. The highest BCUT2D eigenvalue weighted by molar-refractivity contribution is 6.04. The minimum absolute atomic E-state index is 0. The van der Waals surface area contributed by atoms with E-state index in [0.717, 1.165) is 12.8 Å². The number of nitrogens with one attached hydrogen (secondary N) is 2. The largest absolute Gasteiger partial charge is 0.478 e. The van der Waals surface area contributed by atoms with Crippen molar-refractivity contribution in [3.05, 3.63) is 23.8 Å². The van der Waals surface area contributed by atoms with Crippen LogP contribution in [0.3, 0.4) is 0 Å². The van der Waals surface area contributed by atoms with E-state index >= 15 is 0 Å². The van der Waals surface area contributed by atoms with E-state index < -0.39 is 6.10 Å². The second-order valence-corrected chi connectivity index (χ2v) is 6.60. The van der Waals surface area contributed by atoms with Gasteiger partial charge in [0.1, 0.15) is 0 Å². The summed E-state index contributed by atoms with van der Waals surface area (Å²) in [6.07, 6.45) is 0.846. The molecule has 148 valence electrons. The highest BCUT2D eigenvalue weighted by atomic mass is 35.5. The third-order valence-corrected chi connectivity index (χ3v) is 4.69. The number of nitrogens with zero attached hydrogens (tertiary/aromatic N) is 1. The number of para-hydroxylation sites is 1. The number of carbonyl (C=O) groups excluding carboxylic acids is 3. The van der Waals surface area contributed by atoms with Crippen LogP contribution in [-0.4, -0.2) is 54.9 Å². The van der Waals surface area contributed by atoms with Crippen LogP contribution in [0.15, 0.2) is 18.2 Å². The van der Waals surface area contributed by atoms with E-state index in [4.69, 9.17) is 10.5 Å². The molecule has 2 aliphatic rings. The Bertz CT molecular complexity index is 727. The maximum atomic E-state index is 13.0. The molecule has 0 saturated carbocycles. The molecule has 3 amide bonds. The van der Waals surface area contributed by atoms with Crippen LogP contribution in [0, 0.1) is 5.92 Å². The second-order valence-electron chi connectivity index (χ2n) is 6.60. The van der Waals surface area contributed by atoms with Crippen molar-refractivity contribution in [2.24, 2.45) is 11.7 Å². The fourth-order valence-electron chi connectivity index (χ4n) is 3.28. The number of anilines is 1. The van der Waals surface area contributed by atoms with Crippen molar-refractivity contribution in [1.29, 1.82) is 0 Å². The highest BCUT2D eigenvalue weighted by Crippen LogP contribution is 2.34. The molecule has 27 heavy (non-hydrogen) atoms. The number of rotatable bonds is 4. The first-order chi connectivity index (χ1) is 12.5. The molecule has 4 N–H and O–H groups in total. The number of benzene rings is 1. The highest BCUT2D eigenvalue weighted by Gasteiger charge is 2.32. The number of hydrogen-bond donors (Lipinski definition) is 3. The Labute approximate surface area is 164 Å². The van der Waals surface area contributed by atoms with E-state index in [-0.39, 0.29) is 36.0 Å². The number of amides is 3. The van der Waals surface area contributed by atoms with Gasteiger partial charge in [-0.25, -0.2) is 0 Å². The van der Waals surface area contributed by atoms with Gasteiger partial charge >= 0.3 is 0 Å². The van der Waals surface area contributed by atoms with E-state index in [1.165, 1.54) is 0 Å². The van der Waals surface area contributed by atoms with Crippen molar-refractivity contribution < 1.29 is 19.1 Å². The van der Waals surface area contributed by atoms with Crippen molar-refractivity contribution in [1.82, 2.24) is 10.2 Å². The van der Waals surface area contributed by atoms with Crippen LogP contribution < -0.4 is 21.1 Å². The maximum Gasteiger partial charge on any atom is 0.265 e. The first-order valence-electron chi connectivity index (χ1n) is 8.89. The molecule has 0 bridgehead atoms. The van der Waals surface area contributed by atoms with Gasteiger partial charge in [0.25, 0.3) is 11.8 Å². The lowest BCUT2D eigenvalue weighted by Gasteiger charge is -2.33. The first-order valence-corrected chi connectivity index (χ1v) is 8.89. The third kappa shape index (κ3) is 4.51. The van der Waals surface area contributed by atoms with Crippen LogP contribution >= 0.6 is 12.4 Å². The number of halogens is 1. The molecular formula is C18H25ClN4O4. The summed E-state index contributed by atoms with van der Waals surface area (Å²) >= 11 is 0. The average Bonchev–Trinajstić information content (AvgIpc) is 2.66. The van der Waals surface area contributed by atoms with Gasteiger partial charge in [0.15, 0.2) is 11.9 Å². The number of piperidine rings is 1. The van der Waals surface area contributed by atoms with Crippen LogP contribution in [0.1, 0.15) is 30.1 Å². The molecule has 2 heterocycles. The summed E-state index contributed by atoms with van der Waals surface area (Å²) in [5.74, 6) is -0.351. The number of carbonyl (C=O) groups is 3. The molecule has 1 aromatic carbocycles. The van der Waals surface area contributed by atoms with Gasteiger partial charge in [0.2, 0.25) is 5.91 Å². The molecule has 2 unspecified atom stereocenters. The van der Waals surface area contributed by atoms with Crippen molar-refractivity contribution in [2.75, 3.05) is 31.5 Å². The van der Waals surface area contributed by atoms with Crippen molar-refractivity contribution in [2.45, 2.75) is 25.9 Å². The van der Waals surface area contributed by atoms with Gasteiger partial charge in [0.05, 0.1) is 17.2 Å². The molecule has 2 aliphatic heterocycles. The van der Waals surface area contributed by atoms with Crippen molar-refractivity contribution in [3.8, 4) is 5.75 Å². The average molecular weight is 397 g/mol. The summed E-state index contributed by atoms with van der Waals surface area (Å²) in [6, 6.07) is 5.10. The Kier molecular flexibility index (Phi) is 7.04.